The van der Waals surface area contributed by atoms with E-state index >= 15 is 0 Å². The Bertz CT molecular complexity index is 484. The molecule has 0 aromatic heterocycles. The second-order valence-corrected chi connectivity index (χ2v) is 6.24. The Balaban J connectivity index is 1.60. The van der Waals surface area contributed by atoms with Crippen molar-refractivity contribution in [3.8, 4) is 5.75 Å². The lowest BCUT2D eigenvalue weighted by atomic mass is 9.84. The zero-order valence-corrected chi connectivity index (χ0v) is 11.2. The van der Waals surface area contributed by atoms with Gasteiger partial charge in [0.1, 0.15) is 5.75 Å². The molecule has 1 heterocycles. The largest absolute Gasteiger partial charge is 0.508 e. The molecule has 2 fully saturated rings. The third kappa shape index (κ3) is 2.15. The van der Waals surface area contributed by atoms with Crippen LogP contribution in [0.5, 0.6) is 5.75 Å². The van der Waals surface area contributed by atoms with Crippen molar-refractivity contribution in [1.82, 2.24) is 4.90 Å². The molecule has 3 aliphatic rings. The van der Waals surface area contributed by atoms with Gasteiger partial charge < -0.3 is 9.84 Å². The van der Waals surface area contributed by atoms with Crippen LogP contribution in [0.1, 0.15) is 24.0 Å². The summed E-state index contributed by atoms with van der Waals surface area (Å²) in [6.45, 7) is 3.17. The lowest BCUT2D eigenvalue weighted by Gasteiger charge is -2.44. The minimum absolute atomic E-state index is 0.272. The van der Waals surface area contributed by atoms with E-state index in [0.717, 1.165) is 37.5 Å². The lowest BCUT2D eigenvalue weighted by Crippen LogP contribution is -2.55. The molecule has 0 unspecified atom stereocenters. The molecule has 3 nitrogen and oxygen atoms in total. The zero-order chi connectivity index (χ0) is 12.8. The maximum atomic E-state index is 10.00. The highest BCUT2D eigenvalue weighted by molar-refractivity contribution is 5.42. The van der Waals surface area contributed by atoms with Crippen LogP contribution in [0.4, 0.5) is 0 Å². The Morgan fingerprint density at radius 2 is 2.16 bits per heavy atom. The average molecular weight is 259 g/mol. The van der Waals surface area contributed by atoms with Gasteiger partial charge in [0.25, 0.3) is 0 Å². The van der Waals surface area contributed by atoms with E-state index in [-0.39, 0.29) is 6.10 Å². The first kappa shape index (κ1) is 11.7. The van der Waals surface area contributed by atoms with E-state index in [1.54, 1.807) is 6.07 Å². The van der Waals surface area contributed by atoms with E-state index in [2.05, 4.69) is 11.0 Å². The van der Waals surface area contributed by atoms with Gasteiger partial charge in [-0.1, -0.05) is 12.1 Å². The summed E-state index contributed by atoms with van der Waals surface area (Å²) in [4.78, 5) is 2.64. The van der Waals surface area contributed by atoms with Crippen molar-refractivity contribution < 1.29 is 9.84 Å². The average Bonchev–Trinajstić information content (AvgIpc) is 3.22. The number of fused-ring (bicyclic) bond motifs is 2. The zero-order valence-electron chi connectivity index (χ0n) is 11.2. The molecule has 4 rings (SSSR count). The fraction of sp³-hybridized carbons (Fsp3) is 0.625. The first-order valence-corrected chi connectivity index (χ1v) is 7.46. The molecule has 2 atom stereocenters. The molecule has 1 saturated heterocycles. The number of phenolic OH excluding ortho intramolecular Hbond substituents is 1. The van der Waals surface area contributed by atoms with E-state index in [4.69, 9.17) is 4.74 Å². The van der Waals surface area contributed by atoms with E-state index in [9.17, 15) is 5.11 Å². The van der Waals surface area contributed by atoms with Crippen LogP contribution in [-0.2, 0) is 17.6 Å². The van der Waals surface area contributed by atoms with Gasteiger partial charge in [-0.3, -0.25) is 4.90 Å². The van der Waals surface area contributed by atoms with Crippen LogP contribution in [0.3, 0.4) is 0 Å². The SMILES string of the molecule is Oc1cccc2c1C[C@@H]1OCCN(CC3CC3)[C@H]1C2. The summed E-state index contributed by atoms with van der Waals surface area (Å²) >= 11 is 0. The second kappa shape index (κ2) is 4.50. The fourth-order valence-electron chi connectivity index (χ4n) is 3.62. The highest BCUT2D eigenvalue weighted by atomic mass is 16.5. The summed E-state index contributed by atoms with van der Waals surface area (Å²) < 4.78 is 5.97. The van der Waals surface area contributed by atoms with Gasteiger partial charge in [0.2, 0.25) is 0 Å². The van der Waals surface area contributed by atoms with Crippen LogP contribution < -0.4 is 0 Å². The third-order valence-corrected chi connectivity index (χ3v) is 4.88. The molecule has 1 saturated carbocycles. The minimum Gasteiger partial charge on any atom is -0.508 e. The first-order valence-electron chi connectivity index (χ1n) is 7.46. The van der Waals surface area contributed by atoms with Crippen LogP contribution in [0.2, 0.25) is 0 Å². The van der Waals surface area contributed by atoms with Crippen LogP contribution in [0.25, 0.3) is 0 Å². The number of aromatic hydroxyl groups is 1. The van der Waals surface area contributed by atoms with Crippen LogP contribution >= 0.6 is 0 Å². The van der Waals surface area contributed by atoms with Crippen molar-refractivity contribution in [3.05, 3.63) is 29.3 Å². The predicted molar refractivity (Wildman–Crippen MR) is 73.3 cm³/mol. The highest BCUT2D eigenvalue weighted by Gasteiger charge is 2.39. The van der Waals surface area contributed by atoms with Gasteiger partial charge in [0.05, 0.1) is 12.7 Å². The van der Waals surface area contributed by atoms with Crippen LogP contribution in [-0.4, -0.2) is 41.8 Å². The topological polar surface area (TPSA) is 32.7 Å². The summed E-state index contributed by atoms with van der Waals surface area (Å²) in [7, 11) is 0. The number of nitrogens with zero attached hydrogens (tertiary/aromatic N) is 1. The molecule has 1 aliphatic heterocycles. The number of phenols is 1. The molecule has 0 spiro atoms. The Morgan fingerprint density at radius 1 is 1.26 bits per heavy atom. The van der Waals surface area contributed by atoms with Gasteiger partial charge >= 0.3 is 0 Å². The maximum Gasteiger partial charge on any atom is 0.119 e. The van der Waals surface area contributed by atoms with Crippen LogP contribution in [0, 0.1) is 5.92 Å². The van der Waals surface area contributed by atoms with Gasteiger partial charge in [-0.15, -0.1) is 0 Å². The molecule has 1 aromatic rings. The van der Waals surface area contributed by atoms with E-state index in [1.807, 2.05) is 6.07 Å². The standard InChI is InChI=1S/C16H21NO2/c18-15-3-1-2-12-8-14-16(9-13(12)15)19-7-6-17(14)10-11-4-5-11/h1-3,11,14,16,18H,4-10H2/t14-,16-/m0/s1. The summed E-state index contributed by atoms with van der Waals surface area (Å²) in [5.74, 6) is 1.38. The maximum absolute atomic E-state index is 10.00. The van der Waals surface area contributed by atoms with Crippen LogP contribution in [0.15, 0.2) is 18.2 Å². The van der Waals surface area contributed by atoms with Gasteiger partial charge in [-0.05, 0) is 42.4 Å². The summed E-state index contributed by atoms with van der Waals surface area (Å²) in [6, 6.07) is 6.44. The van der Waals surface area contributed by atoms with Crippen molar-refractivity contribution >= 4 is 0 Å². The minimum atomic E-state index is 0.272. The molecular formula is C16H21NO2. The van der Waals surface area contributed by atoms with Crippen molar-refractivity contribution in [2.75, 3.05) is 19.7 Å². The smallest absolute Gasteiger partial charge is 0.119 e. The third-order valence-electron chi connectivity index (χ3n) is 4.88. The highest BCUT2D eigenvalue weighted by Crippen LogP contribution is 2.36. The Hall–Kier alpha value is -1.06. The van der Waals surface area contributed by atoms with Gasteiger partial charge in [0, 0.05) is 25.6 Å². The van der Waals surface area contributed by atoms with Crippen molar-refractivity contribution in [1.29, 1.82) is 0 Å². The van der Waals surface area contributed by atoms with E-state index in [1.165, 1.54) is 24.9 Å². The predicted octanol–water partition coefficient (Wildman–Crippen LogP) is 1.97. The molecule has 102 valence electrons. The van der Waals surface area contributed by atoms with Crippen molar-refractivity contribution in [2.24, 2.45) is 5.92 Å². The van der Waals surface area contributed by atoms with Gasteiger partial charge in [-0.25, -0.2) is 0 Å². The quantitative estimate of drug-likeness (QED) is 0.881. The van der Waals surface area contributed by atoms with E-state index < -0.39 is 0 Å². The first-order chi connectivity index (χ1) is 9.31. The lowest BCUT2D eigenvalue weighted by molar-refractivity contribution is -0.0756. The summed E-state index contributed by atoms with van der Waals surface area (Å²) in [5, 5.41) is 10.00. The van der Waals surface area contributed by atoms with Gasteiger partial charge in [0.15, 0.2) is 0 Å². The number of hydrogen-bond acceptors (Lipinski definition) is 3. The number of morpholine rings is 1. The molecule has 1 N–H and O–H groups in total. The molecule has 19 heavy (non-hydrogen) atoms. The molecule has 1 aromatic carbocycles. The molecule has 0 amide bonds. The second-order valence-electron chi connectivity index (χ2n) is 6.24. The molecule has 0 radical (unpaired) electrons. The monoisotopic (exact) mass is 259 g/mol. The molecular weight excluding hydrogens is 238 g/mol. The van der Waals surface area contributed by atoms with Gasteiger partial charge in [-0.2, -0.15) is 0 Å². The number of rotatable bonds is 2. The summed E-state index contributed by atoms with van der Waals surface area (Å²) in [6.07, 6.45) is 4.99. The fourth-order valence-corrected chi connectivity index (χ4v) is 3.62. The Morgan fingerprint density at radius 3 is 3.00 bits per heavy atom. The Kier molecular flexibility index (Phi) is 2.78. The molecule has 2 aliphatic carbocycles. The number of hydrogen-bond donors (Lipinski definition) is 1. The molecule has 3 heteroatoms. The van der Waals surface area contributed by atoms with E-state index in [0.29, 0.717) is 11.8 Å². The number of ether oxygens (including phenoxy) is 1. The Labute approximate surface area is 114 Å². The van der Waals surface area contributed by atoms with Crippen molar-refractivity contribution in [2.45, 2.75) is 37.8 Å². The van der Waals surface area contributed by atoms with Crippen molar-refractivity contribution in [3.63, 3.8) is 0 Å². The molecule has 0 bridgehead atoms. The normalized spacial score (nSPS) is 30.7. The summed E-state index contributed by atoms with van der Waals surface area (Å²) in [5.41, 5.74) is 2.42. The number of benzene rings is 1.